The first kappa shape index (κ1) is 13.8. The Balaban J connectivity index is 1.86. The van der Waals surface area contributed by atoms with Crippen LogP contribution in [0.4, 0.5) is 5.69 Å². The van der Waals surface area contributed by atoms with Gasteiger partial charge in [-0.25, -0.2) is 5.01 Å². The van der Waals surface area contributed by atoms with Gasteiger partial charge in [0.05, 0.1) is 11.4 Å². The molecule has 2 aromatic rings. The van der Waals surface area contributed by atoms with E-state index in [0.717, 1.165) is 23.4 Å². The van der Waals surface area contributed by atoms with E-state index in [4.69, 9.17) is 0 Å². The van der Waals surface area contributed by atoms with Crippen molar-refractivity contribution in [2.24, 2.45) is 0 Å². The monoisotopic (exact) mass is 304 g/mol. The molecule has 0 aromatic heterocycles. The predicted molar refractivity (Wildman–Crippen MR) is 88.4 cm³/mol. The van der Waals surface area contributed by atoms with Crippen molar-refractivity contribution in [2.45, 2.75) is 12.8 Å². The van der Waals surface area contributed by atoms with Gasteiger partial charge in [0.2, 0.25) is 0 Å². The van der Waals surface area contributed by atoms with Gasteiger partial charge in [0.25, 0.3) is 5.78 Å². The molecule has 0 N–H and O–H groups in total. The molecule has 114 valence electrons. The summed E-state index contributed by atoms with van der Waals surface area (Å²) < 4.78 is 0. The minimum atomic E-state index is -0.474. The van der Waals surface area contributed by atoms with Crippen LogP contribution in [0.5, 0.6) is 0 Å². The van der Waals surface area contributed by atoms with E-state index < -0.39 is 5.91 Å². The predicted octanol–water partition coefficient (Wildman–Crippen LogP) is 2.81. The van der Waals surface area contributed by atoms with E-state index in [-0.39, 0.29) is 5.78 Å². The Hall–Kier alpha value is -2.88. The number of ketones is 1. The number of carbonyl (C=O) groups is 2. The van der Waals surface area contributed by atoms with Gasteiger partial charge in [0.1, 0.15) is 0 Å². The molecule has 2 aromatic carbocycles. The highest BCUT2D eigenvalue weighted by Gasteiger charge is 2.43. The van der Waals surface area contributed by atoms with Crippen molar-refractivity contribution in [1.29, 1.82) is 0 Å². The average molecular weight is 304 g/mol. The number of fused-ring (bicyclic) bond motifs is 2. The first-order chi connectivity index (χ1) is 11.2. The smallest absolute Gasteiger partial charge is 0.283 e. The topological polar surface area (TPSA) is 40.6 Å². The molecular weight excluding hydrogens is 288 g/mol. The van der Waals surface area contributed by atoms with Gasteiger partial charge >= 0.3 is 5.91 Å². The fourth-order valence-electron chi connectivity index (χ4n) is 3.35. The third-order valence-corrected chi connectivity index (χ3v) is 4.51. The van der Waals surface area contributed by atoms with Crippen LogP contribution < -0.4 is 5.01 Å². The molecule has 2 aliphatic rings. The molecule has 0 atom stereocenters. The molecule has 0 radical (unpaired) electrons. The molecule has 0 fully saturated rings. The van der Waals surface area contributed by atoms with Crippen LogP contribution in [-0.4, -0.2) is 23.7 Å². The highest BCUT2D eigenvalue weighted by atomic mass is 16.2. The Morgan fingerprint density at radius 2 is 1.61 bits per heavy atom. The van der Waals surface area contributed by atoms with Crippen molar-refractivity contribution in [3.8, 4) is 0 Å². The molecule has 1 heterocycles. The van der Waals surface area contributed by atoms with Gasteiger partial charge in [0, 0.05) is 18.2 Å². The van der Waals surface area contributed by atoms with E-state index in [0.29, 0.717) is 12.0 Å². The molecule has 1 aliphatic carbocycles. The van der Waals surface area contributed by atoms with Crippen LogP contribution in [0, 0.1) is 0 Å². The lowest BCUT2D eigenvalue weighted by molar-refractivity contribution is -0.139. The SMILES string of the molecule is CN(c1ccccc1)N1C(=O)C(=O)C2=C1c1ccccc1CC2. The number of nitrogens with zero attached hydrogens (tertiary/aromatic N) is 2. The lowest BCUT2D eigenvalue weighted by Gasteiger charge is -2.33. The summed E-state index contributed by atoms with van der Waals surface area (Å²) in [4.78, 5) is 25.0. The number of aryl methyl sites for hydroxylation is 1. The van der Waals surface area contributed by atoms with Crippen molar-refractivity contribution < 1.29 is 9.59 Å². The van der Waals surface area contributed by atoms with E-state index in [1.54, 1.807) is 5.01 Å². The molecule has 4 nitrogen and oxygen atoms in total. The van der Waals surface area contributed by atoms with Gasteiger partial charge in [-0.3, -0.25) is 14.6 Å². The van der Waals surface area contributed by atoms with Gasteiger partial charge in [-0.15, -0.1) is 0 Å². The molecule has 4 rings (SSSR count). The highest BCUT2D eigenvalue weighted by Crippen LogP contribution is 2.40. The number of carbonyl (C=O) groups excluding carboxylic acids is 2. The maximum Gasteiger partial charge on any atom is 0.317 e. The summed E-state index contributed by atoms with van der Waals surface area (Å²) in [6.45, 7) is 0. The third-order valence-electron chi connectivity index (χ3n) is 4.51. The van der Waals surface area contributed by atoms with Crippen LogP contribution >= 0.6 is 0 Å². The Bertz CT molecular complexity index is 839. The molecule has 0 bridgehead atoms. The summed E-state index contributed by atoms with van der Waals surface area (Å²) in [5, 5.41) is 3.27. The second-order valence-corrected chi connectivity index (χ2v) is 5.79. The highest BCUT2D eigenvalue weighted by molar-refractivity contribution is 6.48. The molecule has 0 saturated carbocycles. The fourth-order valence-corrected chi connectivity index (χ4v) is 3.35. The number of anilines is 1. The summed E-state index contributed by atoms with van der Waals surface area (Å²) in [6, 6.07) is 17.6. The van der Waals surface area contributed by atoms with Crippen molar-refractivity contribution in [3.05, 3.63) is 71.3 Å². The van der Waals surface area contributed by atoms with E-state index in [1.807, 2.05) is 55.6 Å². The summed E-state index contributed by atoms with van der Waals surface area (Å²) in [5.74, 6) is -0.852. The molecule has 1 aliphatic heterocycles. The van der Waals surface area contributed by atoms with Crippen molar-refractivity contribution >= 4 is 23.1 Å². The maximum atomic E-state index is 12.6. The lowest BCUT2D eigenvalue weighted by atomic mass is 9.89. The number of hydrazine groups is 1. The zero-order chi connectivity index (χ0) is 16.0. The van der Waals surface area contributed by atoms with Crippen molar-refractivity contribution in [3.63, 3.8) is 0 Å². The second-order valence-electron chi connectivity index (χ2n) is 5.79. The molecule has 0 unspecified atom stereocenters. The largest absolute Gasteiger partial charge is 0.317 e. The molecular formula is C19H16N2O2. The van der Waals surface area contributed by atoms with Crippen LogP contribution in [-0.2, 0) is 16.0 Å². The average Bonchev–Trinajstić information content (AvgIpc) is 2.87. The maximum absolute atomic E-state index is 12.6. The van der Waals surface area contributed by atoms with Crippen LogP contribution in [0.2, 0.25) is 0 Å². The van der Waals surface area contributed by atoms with Crippen LogP contribution in [0.1, 0.15) is 17.5 Å². The third kappa shape index (κ3) is 1.99. The van der Waals surface area contributed by atoms with E-state index in [9.17, 15) is 9.59 Å². The summed E-state index contributed by atoms with van der Waals surface area (Å²) in [7, 11) is 1.81. The number of hydrogen-bond acceptors (Lipinski definition) is 3. The Morgan fingerprint density at radius 3 is 2.39 bits per heavy atom. The number of hydrogen-bond donors (Lipinski definition) is 0. The zero-order valence-corrected chi connectivity index (χ0v) is 12.8. The number of benzene rings is 2. The van der Waals surface area contributed by atoms with Crippen molar-refractivity contribution in [2.75, 3.05) is 12.1 Å². The van der Waals surface area contributed by atoms with Gasteiger partial charge in [-0.2, -0.15) is 0 Å². The first-order valence-electron chi connectivity index (χ1n) is 7.67. The second kappa shape index (κ2) is 5.09. The fraction of sp³-hybridized carbons (Fsp3) is 0.158. The van der Waals surface area contributed by atoms with Gasteiger partial charge in [-0.05, 0) is 30.5 Å². The number of para-hydroxylation sites is 1. The van der Waals surface area contributed by atoms with E-state index >= 15 is 0 Å². The number of amides is 1. The molecule has 1 amide bonds. The number of Topliss-reactive ketones (excluding diaryl/α,β-unsaturated/α-hetero) is 1. The van der Waals surface area contributed by atoms with Crippen LogP contribution in [0.3, 0.4) is 0 Å². The van der Waals surface area contributed by atoms with Crippen LogP contribution in [0.15, 0.2) is 60.2 Å². The van der Waals surface area contributed by atoms with Crippen molar-refractivity contribution in [1.82, 2.24) is 5.01 Å². The summed E-state index contributed by atoms with van der Waals surface area (Å²) in [5.41, 5.74) is 4.41. The summed E-state index contributed by atoms with van der Waals surface area (Å²) in [6.07, 6.45) is 1.42. The Morgan fingerprint density at radius 1 is 0.913 bits per heavy atom. The quantitative estimate of drug-likeness (QED) is 0.801. The molecule has 23 heavy (non-hydrogen) atoms. The molecule has 4 heteroatoms. The van der Waals surface area contributed by atoms with E-state index in [1.165, 1.54) is 10.6 Å². The minimum absolute atomic E-state index is 0.378. The Kier molecular flexibility index (Phi) is 3.05. The molecule has 0 saturated heterocycles. The van der Waals surface area contributed by atoms with Crippen LogP contribution in [0.25, 0.3) is 5.70 Å². The minimum Gasteiger partial charge on any atom is -0.283 e. The normalized spacial score (nSPS) is 16.5. The summed E-state index contributed by atoms with van der Waals surface area (Å²) >= 11 is 0. The standard InChI is InChI=1S/C19H16N2O2/c1-20(14-8-3-2-4-9-14)21-17-15-10-6-5-7-13(15)11-12-16(17)18(22)19(21)23/h2-10H,11-12H2,1H3. The first-order valence-corrected chi connectivity index (χ1v) is 7.67. The zero-order valence-electron chi connectivity index (χ0n) is 12.8. The number of rotatable bonds is 2. The lowest BCUT2D eigenvalue weighted by Crippen LogP contribution is -2.42. The van der Waals surface area contributed by atoms with E-state index in [2.05, 4.69) is 6.07 Å². The Labute approximate surface area is 134 Å². The van der Waals surface area contributed by atoms with Gasteiger partial charge < -0.3 is 0 Å². The van der Waals surface area contributed by atoms with Gasteiger partial charge in [0.15, 0.2) is 0 Å². The van der Waals surface area contributed by atoms with Gasteiger partial charge in [-0.1, -0.05) is 42.5 Å². The molecule has 0 spiro atoms.